The quantitative estimate of drug-likeness (QED) is 0.650. The van der Waals surface area contributed by atoms with E-state index in [1.807, 2.05) is 0 Å². The lowest BCUT2D eigenvalue weighted by atomic mass is 9.82. The van der Waals surface area contributed by atoms with Gasteiger partial charge in [-0.25, -0.2) is 9.97 Å². The van der Waals surface area contributed by atoms with Crippen LogP contribution in [-0.4, -0.2) is 32.6 Å². The molecule has 1 heterocycles. The van der Waals surface area contributed by atoms with E-state index in [0.717, 1.165) is 12.8 Å². The van der Waals surface area contributed by atoms with Crippen molar-refractivity contribution in [2.75, 3.05) is 11.9 Å². The predicted molar refractivity (Wildman–Crippen MR) is 73.4 cm³/mol. The zero-order valence-electron chi connectivity index (χ0n) is 10.7. The highest BCUT2D eigenvalue weighted by molar-refractivity contribution is 5.90. The molecule has 0 amide bonds. The first-order valence-corrected chi connectivity index (χ1v) is 6.44. The number of aliphatic hydroxyl groups excluding tert-OH is 1. The highest BCUT2D eigenvalue weighted by Gasteiger charge is 2.26. The Hall–Kier alpha value is -2.28. The maximum Gasteiger partial charge on any atom is 0.270 e. The monoisotopic (exact) mass is 274 g/mol. The lowest BCUT2D eigenvalue weighted by Crippen LogP contribution is -2.33. The van der Waals surface area contributed by atoms with E-state index in [0.29, 0.717) is 29.2 Å². The Labute approximate surface area is 114 Å². The molecule has 1 aromatic heterocycles. The van der Waals surface area contributed by atoms with Crippen LogP contribution in [0.3, 0.4) is 0 Å². The molecule has 20 heavy (non-hydrogen) atoms. The fraction of sp³-hybridized carbons (Fsp3) is 0.385. The van der Waals surface area contributed by atoms with Gasteiger partial charge < -0.3 is 10.4 Å². The van der Waals surface area contributed by atoms with Gasteiger partial charge in [-0.3, -0.25) is 10.1 Å². The number of rotatable bonds is 4. The highest BCUT2D eigenvalue weighted by Crippen LogP contribution is 2.29. The van der Waals surface area contributed by atoms with Gasteiger partial charge in [0, 0.05) is 24.1 Å². The number of nitrogens with one attached hydrogen (secondary N) is 1. The Morgan fingerprint density at radius 1 is 1.40 bits per heavy atom. The van der Waals surface area contributed by atoms with Crippen LogP contribution in [-0.2, 0) is 0 Å². The molecule has 0 atom stereocenters. The number of hydrogen-bond donors (Lipinski definition) is 2. The Bertz CT molecular complexity index is 655. The van der Waals surface area contributed by atoms with E-state index < -0.39 is 4.92 Å². The van der Waals surface area contributed by atoms with Gasteiger partial charge in [-0.15, -0.1) is 0 Å². The molecule has 7 heteroatoms. The van der Waals surface area contributed by atoms with Crippen molar-refractivity contribution in [3.05, 3.63) is 34.6 Å². The molecule has 7 nitrogen and oxygen atoms in total. The minimum atomic E-state index is -0.432. The molecule has 1 saturated carbocycles. The molecule has 1 fully saturated rings. The van der Waals surface area contributed by atoms with Crippen LogP contribution in [0.25, 0.3) is 10.9 Å². The van der Waals surface area contributed by atoms with Gasteiger partial charge in [0.2, 0.25) is 0 Å². The summed E-state index contributed by atoms with van der Waals surface area (Å²) < 4.78 is 0. The van der Waals surface area contributed by atoms with Gasteiger partial charge in [-0.1, -0.05) is 0 Å². The predicted octanol–water partition coefficient (Wildman–Crippen LogP) is 1.72. The Morgan fingerprint density at radius 2 is 2.20 bits per heavy atom. The van der Waals surface area contributed by atoms with Crippen molar-refractivity contribution in [2.45, 2.75) is 18.9 Å². The van der Waals surface area contributed by atoms with E-state index in [-0.39, 0.29) is 11.8 Å². The van der Waals surface area contributed by atoms with Crippen molar-refractivity contribution in [3.63, 3.8) is 0 Å². The average molecular weight is 274 g/mol. The molecule has 1 aliphatic carbocycles. The third-order valence-electron chi connectivity index (χ3n) is 3.60. The summed E-state index contributed by atoms with van der Waals surface area (Å²) in [4.78, 5) is 18.6. The van der Waals surface area contributed by atoms with E-state index in [1.54, 1.807) is 6.07 Å². The van der Waals surface area contributed by atoms with Crippen LogP contribution in [0.2, 0.25) is 0 Å². The first kappa shape index (κ1) is 12.7. The van der Waals surface area contributed by atoms with Gasteiger partial charge in [0.15, 0.2) is 0 Å². The number of anilines is 1. The lowest BCUT2D eigenvalue weighted by molar-refractivity contribution is -0.384. The van der Waals surface area contributed by atoms with Crippen molar-refractivity contribution in [2.24, 2.45) is 5.92 Å². The first-order chi connectivity index (χ1) is 9.63. The summed E-state index contributed by atoms with van der Waals surface area (Å²) in [7, 11) is 0. The van der Waals surface area contributed by atoms with E-state index in [1.165, 1.54) is 18.5 Å². The van der Waals surface area contributed by atoms with Gasteiger partial charge in [-0.2, -0.15) is 0 Å². The SMILES string of the molecule is O=[N+]([O-])c1ccc2ncnc(NCC3CC(O)C3)c2c1. The zero-order chi connectivity index (χ0) is 14.1. The standard InChI is InChI=1S/C13H14N4O3/c18-10-3-8(4-10)6-14-13-11-5-9(17(19)20)1-2-12(11)15-7-16-13/h1-2,5,7-8,10,18H,3-4,6H2,(H,14,15,16). The second-order valence-electron chi connectivity index (χ2n) is 5.05. The van der Waals surface area contributed by atoms with Gasteiger partial charge in [0.25, 0.3) is 5.69 Å². The van der Waals surface area contributed by atoms with Crippen LogP contribution in [0.15, 0.2) is 24.5 Å². The van der Waals surface area contributed by atoms with Crippen molar-refractivity contribution in [1.82, 2.24) is 9.97 Å². The van der Waals surface area contributed by atoms with Crippen molar-refractivity contribution in [3.8, 4) is 0 Å². The van der Waals surface area contributed by atoms with Gasteiger partial charge in [0.1, 0.15) is 12.1 Å². The Morgan fingerprint density at radius 3 is 2.90 bits per heavy atom. The number of aromatic nitrogens is 2. The van der Waals surface area contributed by atoms with Crippen LogP contribution in [0.4, 0.5) is 11.5 Å². The smallest absolute Gasteiger partial charge is 0.270 e. The Kier molecular flexibility index (Phi) is 3.19. The molecule has 2 aromatic rings. The summed E-state index contributed by atoms with van der Waals surface area (Å²) >= 11 is 0. The Balaban J connectivity index is 1.85. The average Bonchev–Trinajstić information content (AvgIpc) is 2.41. The number of nitrogens with zero attached hydrogens (tertiary/aromatic N) is 3. The van der Waals surface area contributed by atoms with Crippen LogP contribution in [0.1, 0.15) is 12.8 Å². The van der Waals surface area contributed by atoms with Crippen molar-refractivity contribution in [1.29, 1.82) is 0 Å². The summed E-state index contributed by atoms with van der Waals surface area (Å²) in [6.45, 7) is 0.700. The minimum absolute atomic E-state index is 0.0226. The fourth-order valence-electron chi connectivity index (χ4n) is 2.41. The van der Waals surface area contributed by atoms with Crippen LogP contribution in [0, 0.1) is 16.0 Å². The van der Waals surface area contributed by atoms with Crippen LogP contribution < -0.4 is 5.32 Å². The van der Waals surface area contributed by atoms with Crippen molar-refractivity contribution < 1.29 is 10.0 Å². The molecule has 104 valence electrons. The number of fused-ring (bicyclic) bond motifs is 1. The second kappa shape index (κ2) is 5.01. The number of aliphatic hydroxyl groups is 1. The molecule has 2 N–H and O–H groups in total. The molecule has 0 saturated heterocycles. The highest BCUT2D eigenvalue weighted by atomic mass is 16.6. The number of non-ortho nitro benzene ring substituents is 1. The summed E-state index contributed by atoms with van der Waals surface area (Å²) in [6, 6.07) is 4.53. The summed E-state index contributed by atoms with van der Waals surface area (Å²) in [5, 5.41) is 23.9. The minimum Gasteiger partial charge on any atom is -0.393 e. The molecule has 0 radical (unpaired) electrons. The number of hydrogen-bond acceptors (Lipinski definition) is 6. The van der Waals surface area contributed by atoms with Gasteiger partial charge in [-0.05, 0) is 24.8 Å². The molecular weight excluding hydrogens is 260 g/mol. The molecule has 0 bridgehead atoms. The summed E-state index contributed by atoms with van der Waals surface area (Å²) in [5.41, 5.74) is 0.691. The van der Waals surface area contributed by atoms with E-state index in [2.05, 4.69) is 15.3 Å². The summed E-state index contributed by atoms with van der Waals surface area (Å²) in [5.74, 6) is 1.02. The van der Waals surface area contributed by atoms with Gasteiger partial charge in [0.05, 0.1) is 16.5 Å². The molecule has 3 rings (SSSR count). The number of benzene rings is 1. The number of nitro groups is 1. The zero-order valence-corrected chi connectivity index (χ0v) is 10.7. The first-order valence-electron chi connectivity index (χ1n) is 6.44. The lowest BCUT2D eigenvalue weighted by Gasteiger charge is -2.31. The summed E-state index contributed by atoms with van der Waals surface area (Å²) in [6.07, 6.45) is 2.82. The van der Waals surface area contributed by atoms with E-state index >= 15 is 0 Å². The third kappa shape index (κ3) is 2.39. The third-order valence-corrected chi connectivity index (χ3v) is 3.60. The maximum absolute atomic E-state index is 10.8. The molecule has 0 spiro atoms. The van der Waals surface area contributed by atoms with Crippen molar-refractivity contribution >= 4 is 22.4 Å². The van der Waals surface area contributed by atoms with E-state index in [4.69, 9.17) is 0 Å². The normalized spacial score (nSPS) is 21.4. The maximum atomic E-state index is 10.8. The fourth-order valence-corrected chi connectivity index (χ4v) is 2.41. The molecular formula is C13H14N4O3. The molecule has 1 aliphatic rings. The molecule has 1 aromatic carbocycles. The number of nitro benzene ring substituents is 1. The van der Waals surface area contributed by atoms with Crippen LogP contribution >= 0.6 is 0 Å². The van der Waals surface area contributed by atoms with Crippen LogP contribution in [0.5, 0.6) is 0 Å². The van der Waals surface area contributed by atoms with Gasteiger partial charge >= 0.3 is 0 Å². The topological polar surface area (TPSA) is 101 Å². The molecule has 0 unspecified atom stereocenters. The molecule has 0 aliphatic heterocycles. The second-order valence-corrected chi connectivity index (χ2v) is 5.05. The van der Waals surface area contributed by atoms with E-state index in [9.17, 15) is 15.2 Å². The largest absolute Gasteiger partial charge is 0.393 e.